The highest BCUT2D eigenvalue weighted by atomic mass is 16.3. The minimum atomic E-state index is -0.127. The molecule has 0 saturated heterocycles. The summed E-state index contributed by atoms with van der Waals surface area (Å²) in [5, 5.41) is 2.98. The van der Waals surface area contributed by atoms with Crippen LogP contribution in [0.1, 0.15) is 29.3 Å². The van der Waals surface area contributed by atoms with E-state index in [-0.39, 0.29) is 11.9 Å². The van der Waals surface area contributed by atoms with Crippen molar-refractivity contribution < 1.29 is 9.21 Å². The van der Waals surface area contributed by atoms with Crippen molar-refractivity contribution in [2.75, 3.05) is 0 Å². The Bertz CT molecular complexity index is 694. The van der Waals surface area contributed by atoms with E-state index in [2.05, 4.69) is 5.32 Å². The molecule has 4 nitrogen and oxygen atoms in total. The molecular formula is C19H20N2O2. The average molecular weight is 308 g/mol. The summed E-state index contributed by atoms with van der Waals surface area (Å²) in [6.07, 6.45) is 5.87. The molecule has 1 atom stereocenters. The summed E-state index contributed by atoms with van der Waals surface area (Å²) in [7, 11) is 0. The first-order valence-corrected chi connectivity index (χ1v) is 7.70. The molecule has 0 aliphatic rings. The van der Waals surface area contributed by atoms with Gasteiger partial charge in [0.1, 0.15) is 5.76 Å². The van der Waals surface area contributed by atoms with Crippen LogP contribution in [0.3, 0.4) is 0 Å². The molecule has 1 amide bonds. The van der Waals surface area contributed by atoms with Crippen LogP contribution in [0.2, 0.25) is 0 Å². The molecule has 0 aliphatic heterocycles. The van der Waals surface area contributed by atoms with Gasteiger partial charge in [-0.05, 0) is 36.8 Å². The number of furan rings is 1. The van der Waals surface area contributed by atoms with E-state index >= 15 is 0 Å². The van der Waals surface area contributed by atoms with Gasteiger partial charge in [-0.25, -0.2) is 0 Å². The number of carbonyl (C=O) groups is 1. The molecule has 0 unspecified atom stereocenters. The van der Waals surface area contributed by atoms with Gasteiger partial charge < -0.3 is 14.3 Å². The molecule has 4 heteroatoms. The number of nitrogens with one attached hydrogen (secondary N) is 1. The van der Waals surface area contributed by atoms with Gasteiger partial charge in [0.2, 0.25) is 5.91 Å². The number of benzene rings is 1. The predicted molar refractivity (Wildman–Crippen MR) is 88.9 cm³/mol. The van der Waals surface area contributed by atoms with Crippen LogP contribution in [-0.4, -0.2) is 10.5 Å². The molecule has 1 N–H and O–H groups in total. The third kappa shape index (κ3) is 3.92. The topological polar surface area (TPSA) is 47.2 Å². The Hall–Kier alpha value is -2.75. The fourth-order valence-electron chi connectivity index (χ4n) is 2.54. The molecule has 1 aromatic carbocycles. The highest BCUT2D eigenvalue weighted by molar-refractivity contribution is 5.76. The number of hydrogen-bond acceptors (Lipinski definition) is 2. The van der Waals surface area contributed by atoms with Gasteiger partial charge in [-0.3, -0.25) is 4.79 Å². The average Bonchev–Trinajstić information content (AvgIpc) is 3.25. The third-order valence-corrected chi connectivity index (χ3v) is 3.85. The van der Waals surface area contributed by atoms with E-state index in [0.29, 0.717) is 13.0 Å². The first kappa shape index (κ1) is 15.2. The normalized spacial score (nSPS) is 12.0. The van der Waals surface area contributed by atoms with E-state index in [1.165, 1.54) is 5.56 Å². The maximum absolute atomic E-state index is 12.3. The SMILES string of the molecule is Cc1ccc(CNC(=O)C[C@H](c2ccco2)n2cccc2)cc1. The molecule has 0 radical (unpaired) electrons. The maximum atomic E-state index is 12.3. The zero-order chi connectivity index (χ0) is 16.1. The minimum absolute atomic E-state index is 0.000625. The summed E-state index contributed by atoms with van der Waals surface area (Å²) >= 11 is 0. The maximum Gasteiger partial charge on any atom is 0.222 e. The molecule has 23 heavy (non-hydrogen) atoms. The number of hydrogen-bond donors (Lipinski definition) is 1. The molecule has 2 heterocycles. The van der Waals surface area contributed by atoms with Crippen LogP contribution >= 0.6 is 0 Å². The van der Waals surface area contributed by atoms with E-state index in [4.69, 9.17) is 4.42 Å². The number of aromatic nitrogens is 1. The Kier molecular flexibility index (Phi) is 4.62. The van der Waals surface area contributed by atoms with Crippen LogP contribution < -0.4 is 5.32 Å². The number of amides is 1. The van der Waals surface area contributed by atoms with E-state index in [1.807, 2.05) is 72.4 Å². The van der Waals surface area contributed by atoms with Gasteiger partial charge in [0.05, 0.1) is 18.7 Å². The third-order valence-electron chi connectivity index (χ3n) is 3.85. The second kappa shape index (κ2) is 7.01. The lowest BCUT2D eigenvalue weighted by atomic mass is 10.1. The Morgan fingerprint density at radius 3 is 2.52 bits per heavy atom. The monoisotopic (exact) mass is 308 g/mol. The highest BCUT2D eigenvalue weighted by Crippen LogP contribution is 2.22. The van der Waals surface area contributed by atoms with Crippen LogP contribution in [0.15, 0.2) is 71.6 Å². The zero-order valence-electron chi connectivity index (χ0n) is 13.1. The van der Waals surface area contributed by atoms with Gasteiger partial charge in [0.15, 0.2) is 0 Å². The van der Waals surface area contributed by atoms with E-state index in [0.717, 1.165) is 11.3 Å². The molecule has 0 aliphatic carbocycles. The standard InChI is InChI=1S/C19H20N2O2/c1-15-6-8-16(9-7-15)14-20-19(22)13-17(18-5-4-12-23-18)21-10-2-3-11-21/h2-12,17H,13-14H2,1H3,(H,20,22)/t17-/m1/s1. The lowest BCUT2D eigenvalue weighted by Crippen LogP contribution is -2.26. The summed E-state index contributed by atoms with van der Waals surface area (Å²) in [6, 6.07) is 15.7. The summed E-state index contributed by atoms with van der Waals surface area (Å²) in [5.41, 5.74) is 2.31. The molecule has 3 rings (SSSR count). The summed E-state index contributed by atoms with van der Waals surface area (Å²) in [6.45, 7) is 2.59. The molecule has 0 spiro atoms. The lowest BCUT2D eigenvalue weighted by molar-refractivity contribution is -0.121. The van der Waals surface area contributed by atoms with Crippen molar-refractivity contribution in [1.29, 1.82) is 0 Å². The van der Waals surface area contributed by atoms with Crippen molar-refractivity contribution in [2.24, 2.45) is 0 Å². The molecule has 0 bridgehead atoms. The summed E-state index contributed by atoms with van der Waals surface area (Å²) in [5.74, 6) is 0.785. The molecule has 0 saturated carbocycles. The Morgan fingerprint density at radius 1 is 1.13 bits per heavy atom. The number of carbonyl (C=O) groups excluding carboxylic acids is 1. The van der Waals surface area contributed by atoms with Crippen molar-refractivity contribution >= 4 is 5.91 Å². The Balaban J connectivity index is 1.63. The quantitative estimate of drug-likeness (QED) is 0.755. The van der Waals surface area contributed by atoms with Gasteiger partial charge in [-0.2, -0.15) is 0 Å². The van der Waals surface area contributed by atoms with Crippen molar-refractivity contribution in [3.05, 3.63) is 84.1 Å². The Morgan fingerprint density at radius 2 is 1.87 bits per heavy atom. The van der Waals surface area contributed by atoms with Gasteiger partial charge in [-0.1, -0.05) is 29.8 Å². The predicted octanol–water partition coefficient (Wildman–Crippen LogP) is 3.69. The van der Waals surface area contributed by atoms with Crippen LogP contribution in [0.4, 0.5) is 0 Å². The first-order chi connectivity index (χ1) is 11.2. The van der Waals surface area contributed by atoms with Crippen LogP contribution in [-0.2, 0) is 11.3 Å². The van der Waals surface area contributed by atoms with Gasteiger partial charge in [0, 0.05) is 18.9 Å². The van der Waals surface area contributed by atoms with E-state index < -0.39 is 0 Å². The fraction of sp³-hybridized carbons (Fsp3) is 0.211. The number of aryl methyl sites for hydroxylation is 1. The van der Waals surface area contributed by atoms with Crippen LogP contribution in [0.25, 0.3) is 0 Å². The second-order valence-electron chi connectivity index (χ2n) is 5.63. The smallest absolute Gasteiger partial charge is 0.222 e. The molecule has 2 aromatic heterocycles. The van der Waals surface area contributed by atoms with Crippen LogP contribution in [0.5, 0.6) is 0 Å². The van der Waals surface area contributed by atoms with Gasteiger partial charge >= 0.3 is 0 Å². The van der Waals surface area contributed by atoms with Gasteiger partial charge in [0.25, 0.3) is 0 Å². The number of rotatable bonds is 6. The number of nitrogens with zero attached hydrogens (tertiary/aromatic N) is 1. The lowest BCUT2D eigenvalue weighted by Gasteiger charge is -2.16. The highest BCUT2D eigenvalue weighted by Gasteiger charge is 2.19. The van der Waals surface area contributed by atoms with Crippen LogP contribution in [0, 0.1) is 6.92 Å². The minimum Gasteiger partial charge on any atom is -0.467 e. The first-order valence-electron chi connectivity index (χ1n) is 7.70. The van der Waals surface area contributed by atoms with Gasteiger partial charge in [-0.15, -0.1) is 0 Å². The Labute approximate surface area is 135 Å². The molecular weight excluding hydrogens is 288 g/mol. The van der Waals surface area contributed by atoms with Crippen molar-refractivity contribution in [1.82, 2.24) is 9.88 Å². The van der Waals surface area contributed by atoms with Crippen molar-refractivity contribution in [3.63, 3.8) is 0 Å². The largest absolute Gasteiger partial charge is 0.467 e. The molecule has 3 aromatic rings. The molecule has 0 fully saturated rings. The fourth-order valence-corrected chi connectivity index (χ4v) is 2.54. The van der Waals surface area contributed by atoms with Crippen molar-refractivity contribution in [2.45, 2.75) is 25.9 Å². The molecule has 118 valence electrons. The van der Waals surface area contributed by atoms with E-state index in [1.54, 1.807) is 6.26 Å². The zero-order valence-corrected chi connectivity index (χ0v) is 13.1. The second-order valence-corrected chi connectivity index (χ2v) is 5.63. The summed E-state index contributed by atoms with van der Waals surface area (Å²) < 4.78 is 7.49. The van der Waals surface area contributed by atoms with E-state index in [9.17, 15) is 4.79 Å². The summed E-state index contributed by atoms with van der Waals surface area (Å²) in [4.78, 5) is 12.3. The van der Waals surface area contributed by atoms with Crippen molar-refractivity contribution in [3.8, 4) is 0 Å².